The second-order valence-electron chi connectivity index (χ2n) is 10.7. The molecule has 1 amide bonds. The molecule has 224 valence electrons. The first-order valence-corrected chi connectivity index (χ1v) is 15.4. The first-order valence-electron chi connectivity index (χ1n) is 14.7. The molecular weight excluding hydrogens is 581 g/mol. The fourth-order valence-corrected chi connectivity index (χ4v) is 5.52. The number of carboxylic acid groups (broad SMARTS) is 1. The average molecular weight is 619 g/mol. The number of unbranched alkanes of at least 4 members (excludes halogenated alkanes) is 5. The van der Waals surface area contributed by atoms with Crippen molar-refractivity contribution < 1.29 is 19.4 Å². The van der Waals surface area contributed by atoms with Crippen molar-refractivity contribution in [3.05, 3.63) is 112 Å². The lowest BCUT2D eigenvalue weighted by atomic mass is 9.94. The van der Waals surface area contributed by atoms with Gasteiger partial charge in [0.1, 0.15) is 5.75 Å². The van der Waals surface area contributed by atoms with Gasteiger partial charge in [0.25, 0.3) is 5.91 Å². The van der Waals surface area contributed by atoms with Gasteiger partial charge in [-0.05, 0) is 72.4 Å². The lowest BCUT2D eigenvalue weighted by Gasteiger charge is -2.21. The number of halogens is 2. The summed E-state index contributed by atoms with van der Waals surface area (Å²) in [5.74, 6) is -0.886. The number of ether oxygens (including phenoxy) is 1. The zero-order valence-corrected chi connectivity index (χ0v) is 25.9. The highest BCUT2D eigenvalue weighted by Crippen LogP contribution is 2.42. The summed E-state index contributed by atoms with van der Waals surface area (Å²) in [7, 11) is 1.81. The molecule has 0 bridgehead atoms. The highest BCUT2D eigenvalue weighted by atomic mass is 35.5. The molecule has 4 rings (SSSR count). The van der Waals surface area contributed by atoms with Crippen molar-refractivity contribution >= 4 is 35.1 Å². The molecule has 1 N–H and O–H groups in total. The van der Waals surface area contributed by atoms with Gasteiger partial charge >= 0.3 is 5.97 Å². The monoisotopic (exact) mass is 617 g/mol. The molecule has 0 heterocycles. The highest BCUT2D eigenvalue weighted by Gasteiger charge is 2.21. The number of rotatable bonds is 15. The van der Waals surface area contributed by atoms with E-state index in [-0.39, 0.29) is 5.91 Å². The minimum absolute atomic E-state index is 0.126. The van der Waals surface area contributed by atoms with Crippen LogP contribution in [0.1, 0.15) is 54.4 Å². The minimum atomic E-state index is -1.11. The normalized spacial score (nSPS) is 10.9. The Labute approximate surface area is 264 Å². The van der Waals surface area contributed by atoms with Crippen LogP contribution in [0.5, 0.6) is 5.75 Å². The van der Waals surface area contributed by atoms with Crippen molar-refractivity contribution in [1.29, 1.82) is 0 Å². The third-order valence-electron chi connectivity index (χ3n) is 7.35. The van der Waals surface area contributed by atoms with E-state index in [9.17, 15) is 14.7 Å². The summed E-state index contributed by atoms with van der Waals surface area (Å²) in [5, 5.41) is 10.4. The zero-order valence-electron chi connectivity index (χ0n) is 24.4. The number of amides is 1. The van der Waals surface area contributed by atoms with E-state index in [2.05, 4.69) is 24.3 Å². The van der Waals surface area contributed by atoms with E-state index in [4.69, 9.17) is 27.9 Å². The number of aryl methyl sites for hydroxylation is 1. The molecule has 0 atom stereocenters. The van der Waals surface area contributed by atoms with Crippen LogP contribution in [0.15, 0.2) is 91.0 Å². The van der Waals surface area contributed by atoms with Crippen molar-refractivity contribution in [1.82, 2.24) is 4.90 Å². The summed E-state index contributed by atoms with van der Waals surface area (Å²) in [6, 6.07) is 28.5. The summed E-state index contributed by atoms with van der Waals surface area (Å²) in [6.45, 7) is 0.0969. The first kappa shape index (κ1) is 32.1. The summed E-state index contributed by atoms with van der Waals surface area (Å²) in [5.41, 5.74) is 4.43. The van der Waals surface area contributed by atoms with Crippen LogP contribution < -0.4 is 4.74 Å². The number of carboxylic acids is 1. The van der Waals surface area contributed by atoms with Gasteiger partial charge in [0.15, 0.2) is 6.61 Å². The van der Waals surface area contributed by atoms with Crippen LogP contribution >= 0.6 is 23.2 Å². The fraction of sp³-hybridized carbons (Fsp3) is 0.278. The van der Waals surface area contributed by atoms with Gasteiger partial charge < -0.3 is 14.7 Å². The first-order chi connectivity index (χ1) is 20.8. The Bertz CT molecular complexity index is 1460. The predicted octanol–water partition coefficient (Wildman–Crippen LogP) is 9.45. The van der Waals surface area contributed by atoms with Crippen molar-refractivity contribution in [3.8, 4) is 28.0 Å². The number of hydrogen-bond donors (Lipinski definition) is 1. The van der Waals surface area contributed by atoms with Crippen molar-refractivity contribution in [3.63, 3.8) is 0 Å². The summed E-state index contributed by atoms with van der Waals surface area (Å²) < 4.78 is 5.85. The molecule has 0 spiro atoms. The van der Waals surface area contributed by atoms with Gasteiger partial charge in [-0.2, -0.15) is 0 Å². The van der Waals surface area contributed by atoms with E-state index in [1.165, 1.54) is 24.8 Å². The Balaban J connectivity index is 1.48. The Morgan fingerprint density at radius 3 is 1.84 bits per heavy atom. The Hall–Kier alpha value is -3.80. The van der Waals surface area contributed by atoms with Gasteiger partial charge in [-0.25, -0.2) is 4.79 Å². The van der Waals surface area contributed by atoms with Crippen LogP contribution in [0.3, 0.4) is 0 Å². The van der Waals surface area contributed by atoms with Crippen LogP contribution in [-0.2, 0) is 11.2 Å². The Kier molecular flexibility index (Phi) is 12.1. The third kappa shape index (κ3) is 9.60. The van der Waals surface area contributed by atoms with E-state index in [1.807, 2.05) is 25.2 Å². The summed E-state index contributed by atoms with van der Waals surface area (Å²) in [6.07, 6.45) is 7.83. The third-order valence-corrected chi connectivity index (χ3v) is 7.82. The molecule has 5 nitrogen and oxygen atoms in total. The van der Waals surface area contributed by atoms with Crippen molar-refractivity contribution in [2.75, 3.05) is 20.2 Å². The fourth-order valence-electron chi connectivity index (χ4n) is 5.13. The van der Waals surface area contributed by atoms with Gasteiger partial charge in [-0.1, -0.05) is 103 Å². The SMILES string of the molecule is CN(CCCCCCCCc1ccccc1)C(=O)c1cc(-c2cccc(Cl)c2)c(OCC(=O)O)c(-c2cccc(Cl)c2)c1. The quantitative estimate of drug-likeness (QED) is 0.135. The molecule has 0 radical (unpaired) electrons. The lowest BCUT2D eigenvalue weighted by molar-refractivity contribution is -0.139. The molecule has 0 aliphatic heterocycles. The van der Waals surface area contributed by atoms with Crippen LogP contribution in [0.4, 0.5) is 0 Å². The van der Waals surface area contributed by atoms with E-state index < -0.39 is 12.6 Å². The number of benzene rings is 4. The maximum Gasteiger partial charge on any atom is 0.341 e. The number of carbonyl (C=O) groups excluding carboxylic acids is 1. The van der Waals surface area contributed by atoms with Gasteiger partial charge in [-0.3, -0.25) is 4.79 Å². The van der Waals surface area contributed by atoms with Crippen LogP contribution in [0.25, 0.3) is 22.3 Å². The maximum absolute atomic E-state index is 13.7. The maximum atomic E-state index is 13.7. The highest BCUT2D eigenvalue weighted by molar-refractivity contribution is 6.31. The van der Waals surface area contributed by atoms with Crippen LogP contribution in [-0.4, -0.2) is 42.1 Å². The standard InChI is InChI=1S/C36H37Cl2NO4/c1-39(20-10-5-3-2-4-7-13-26-14-8-6-9-15-26)36(42)29-23-32(27-16-11-18-30(37)21-27)35(43-25-34(40)41)33(24-29)28-17-12-19-31(38)22-28/h6,8-9,11-12,14-19,21-24H,2-5,7,10,13,20,25H2,1H3,(H,40,41). The minimum Gasteiger partial charge on any atom is -0.481 e. The van der Waals surface area contributed by atoms with Crippen LogP contribution in [0.2, 0.25) is 10.0 Å². The van der Waals surface area contributed by atoms with Gasteiger partial charge in [0.05, 0.1) is 0 Å². The summed E-state index contributed by atoms with van der Waals surface area (Å²) >= 11 is 12.6. The average Bonchev–Trinajstić information content (AvgIpc) is 3.01. The molecular formula is C36H37Cl2NO4. The van der Waals surface area contributed by atoms with E-state index >= 15 is 0 Å². The molecule has 4 aromatic carbocycles. The molecule has 0 aliphatic rings. The van der Waals surface area contributed by atoms with Gasteiger partial charge in [-0.15, -0.1) is 0 Å². The molecule has 0 saturated carbocycles. The van der Waals surface area contributed by atoms with Crippen molar-refractivity contribution in [2.45, 2.75) is 44.9 Å². The number of hydrogen-bond acceptors (Lipinski definition) is 3. The van der Waals surface area contributed by atoms with Gasteiger partial charge in [0, 0.05) is 40.3 Å². The largest absolute Gasteiger partial charge is 0.481 e. The Morgan fingerprint density at radius 1 is 0.721 bits per heavy atom. The molecule has 7 heteroatoms. The second kappa shape index (κ2) is 16.2. The molecule has 0 unspecified atom stereocenters. The second-order valence-corrected chi connectivity index (χ2v) is 11.6. The number of aliphatic carboxylic acids is 1. The van der Waals surface area contributed by atoms with E-state index in [0.29, 0.717) is 50.2 Å². The zero-order chi connectivity index (χ0) is 30.6. The molecule has 0 aliphatic carbocycles. The topological polar surface area (TPSA) is 66.8 Å². The number of nitrogens with zero attached hydrogens (tertiary/aromatic N) is 1. The lowest BCUT2D eigenvalue weighted by Crippen LogP contribution is -2.28. The van der Waals surface area contributed by atoms with Gasteiger partial charge in [0.2, 0.25) is 0 Å². The summed E-state index contributed by atoms with van der Waals surface area (Å²) in [4.78, 5) is 26.9. The molecule has 43 heavy (non-hydrogen) atoms. The van der Waals surface area contributed by atoms with Crippen molar-refractivity contribution in [2.24, 2.45) is 0 Å². The molecule has 4 aromatic rings. The number of carbonyl (C=O) groups is 2. The van der Waals surface area contributed by atoms with Crippen LogP contribution in [0, 0.1) is 0 Å². The smallest absolute Gasteiger partial charge is 0.341 e. The Morgan fingerprint density at radius 2 is 1.28 bits per heavy atom. The molecule has 0 saturated heterocycles. The molecule has 0 fully saturated rings. The molecule has 0 aromatic heterocycles. The predicted molar refractivity (Wildman–Crippen MR) is 175 cm³/mol. The van der Waals surface area contributed by atoms with E-state index in [1.54, 1.807) is 53.4 Å². The van der Waals surface area contributed by atoms with E-state index in [0.717, 1.165) is 25.7 Å².